The molecule has 2 heterocycles. The largest absolute Gasteiger partial charge is 0.375 e. The zero-order valence-electron chi connectivity index (χ0n) is 16.9. The third-order valence-corrected chi connectivity index (χ3v) is 6.12. The number of ether oxygens (including phenoxy) is 2. The summed E-state index contributed by atoms with van der Waals surface area (Å²) in [7, 11) is 0. The van der Waals surface area contributed by atoms with E-state index in [4.69, 9.17) is 21.1 Å². The molecular weight excluding hydrogens is 388 g/mol. The first kappa shape index (κ1) is 20.4. The predicted octanol–water partition coefficient (Wildman–Crippen LogP) is 4.36. The number of hydrogen-bond donors (Lipinski definition) is 1. The molecule has 3 unspecified atom stereocenters. The molecule has 6 heteroatoms. The molecule has 1 spiro atoms. The van der Waals surface area contributed by atoms with Crippen molar-refractivity contribution in [2.24, 2.45) is 0 Å². The molecule has 4 rings (SSSR count). The number of anilines is 1. The topological polar surface area (TPSA) is 50.8 Å². The van der Waals surface area contributed by atoms with Crippen LogP contribution in [0.5, 0.6) is 0 Å². The van der Waals surface area contributed by atoms with E-state index in [-0.39, 0.29) is 23.7 Å². The van der Waals surface area contributed by atoms with Gasteiger partial charge in [-0.1, -0.05) is 35.9 Å². The molecule has 5 nitrogen and oxygen atoms in total. The highest BCUT2D eigenvalue weighted by Crippen LogP contribution is 2.35. The first-order chi connectivity index (χ1) is 13.9. The van der Waals surface area contributed by atoms with Crippen LogP contribution in [0.15, 0.2) is 48.5 Å². The van der Waals surface area contributed by atoms with E-state index < -0.39 is 0 Å². The zero-order valence-corrected chi connectivity index (χ0v) is 17.6. The van der Waals surface area contributed by atoms with E-state index in [9.17, 15) is 4.79 Å². The molecule has 2 aromatic rings. The number of halogens is 1. The minimum absolute atomic E-state index is 0.106. The number of morpholine rings is 1. The van der Waals surface area contributed by atoms with E-state index in [1.165, 1.54) is 0 Å². The summed E-state index contributed by atoms with van der Waals surface area (Å²) in [4.78, 5) is 15.0. The van der Waals surface area contributed by atoms with E-state index in [1.54, 1.807) is 18.2 Å². The summed E-state index contributed by atoms with van der Waals surface area (Å²) in [6.07, 6.45) is 1.20. The van der Waals surface area contributed by atoms with Crippen LogP contribution in [0.1, 0.15) is 36.2 Å². The standard InChI is InChI=1S/C23H27ClN2O3/c1-16-13-26(15-23(29-16)10-11-28-17(23)2)14-18-6-5-7-19(12-18)25-22(27)20-8-3-4-9-21(20)24/h3-9,12,16-17H,10-11,13-15H2,1-2H3,(H,25,27). The van der Waals surface area contributed by atoms with Crippen molar-refractivity contribution in [2.75, 3.05) is 25.0 Å². The highest BCUT2D eigenvalue weighted by atomic mass is 35.5. The van der Waals surface area contributed by atoms with Crippen LogP contribution in [0.25, 0.3) is 0 Å². The van der Waals surface area contributed by atoms with Gasteiger partial charge in [0.05, 0.1) is 22.8 Å². The second kappa shape index (κ2) is 8.44. The molecule has 0 saturated carbocycles. The normalized spacial score (nSPS) is 27.3. The number of benzene rings is 2. The number of rotatable bonds is 4. The summed E-state index contributed by atoms with van der Waals surface area (Å²) in [6, 6.07) is 15.0. The monoisotopic (exact) mass is 414 g/mol. The Morgan fingerprint density at radius 3 is 2.83 bits per heavy atom. The highest BCUT2D eigenvalue weighted by Gasteiger charge is 2.47. The van der Waals surface area contributed by atoms with Crippen LogP contribution in [-0.2, 0) is 16.0 Å². The van der Waals surface area contributed by atoms with Crippen molar-refractivity contribution in [3.05, 3.63) is 64.7 Å². The smallest absolute Gasteiger partial charge is 0.257 e. The highest BCUT2D eigenvalue weighted by molar-refractivity contribution is 6.34. The lowest BCUT2D eigenvalue weighted by Crippen LogP contribution is -2.57. The molecule has 3 atom stereocenters. The third kappa shape index (κ3) is 4.48. The zero-order chi connectivity index (χ0) is 20.4. The molecule has 2 aliphatic heterocycles. The maximum atomic E-state index is 12.5. The Balaban J connectivity index is 1.45. The van der Waals surface area contributed by atoms with E-state index in [0.29, 0.717) is 10.6 Å². The minimum Gasteiger partial charge on any atom is -0.375 e. The van der Waals surface area contributed by atoms with Gasteiger partial charge in [-0.3, -0.25) is 9.69 Å². The number of amides is 1. The van der Waals surface area contributed by atoms with Gasteiger partial charge in [0, 0.05) is 38.3 Å². The molecule has 1 amide bonds. The fraction of sp³-hybridized carbons (Fsp3) is 0.435. The molecule has 29 heavy (non-hydrogen) atoms. The molecule has 2 aliphatic rings. The van der Waals surface area contributed by atoms with E-state index >= 15 is 0 Å². The van der Waals surface area contributed by atoms with Crippen molar-refractivity contribution >= 4 is 23.2 Å². The van der Waals surface area contributed by atoms with Crippen LogP contribution in [0, 0.1) is 0 Å². The van der Waals surface area contributed by atoms with Gasteiger partial charge in [0.1, 0.15) is 5.60 Å². The van der Waals surface area contributed by atoms with E-state index in [0.717, 1.165) is 43.9 Å². The maximum Gasteiger partial charge on any atom is 0.257 e. The Morgan fingerprint density at radius 1 is 1.24 bits per heavy atom. The Morgan fingerprint density at radius 2 is 2.07 bits per heavy atom. The fourth-order valence-corrected chi connectivity index (χ4v) is 4.60. The average Bonchev–Trinajstić information content (AvgIpc) is 3.00. The number of hydrogen-bond acceptors (Lipinski definition) is 4. The third-order valence-electron chi connectivity index (χ3n) is 5.79. The molecular formula is C23H27ClN2O3. The van der Waals surface area contributed by atoms with Gasteiger partial charge in [-0.2, -0.15) is 0 Å². The SMILES string of the molecule is CC1CN(Cc2cccc(NC(=O)c3ccccc3Cl)c2)CC2(CCOC2C)O1. The number of nitrogens with zero attached hydrogens (tertiary/aromatic N) is 1. The van der Waals surface area contributed by atoms with Gasteiger partial charge in [-0.05, 0) is 43.7 Å². The Kier molecular flexibility index (Phi) is 5.93. The summed E-state index contributed by atoms with van der Waals surface area (Å²) >= 11 is 6.14. The van der Waals surface area contributed by atoms with Crippen LogP contribution >= 0.6 is 11.6 Å². The number of nitrogens with one attached hydrogen (secondary N) is 1. The van der Waals surface area contributed by atoms with Crippen LogP contribution in [0.4, 0.5) is 5.69 Å². The summed E-state index contributed by atoms with van der Waals surface area (Å²) < 4.78 is 12.1. The lowest BCUT2D eigenvalue weighted by molar-refractivity contribution is -0.170. The van der Waals surface area contributed by atoms with Crippen LogP contribution in [0.3, 0.4) is 0 Å². The second-order valence-corrected chi connectivity index (χ2v) is 8.47. The molecule has 154 valence electrons. The van der Waals surface area contributed by atoms with Gasteiger partial charge in [-0.25, -0.2) is 0 Å². The van der Waals surface area contributed by atoms with Crippen molar-refractivity contribution < 1.29 is 14.3 Å². The van der Waals surface area contributed by atoms with Gasteiger partial charge >= 0.3 is 0 Å². The Labute approximate surface area is 176 Å². The van der Waals surface area contributed by atoms with Crippen molar-refractivity contribution in [2.45, 2.75) is 44.6 Å². The van der Waals surface area contributed by atoms with E-state index in [2.05, 4.69) is 30.1 Å². The predicted molar refractivity (Wildman–Crippen MR) is 114 cm³/mol. The fourth-order valence-electron chi connectivity index (χ4n) is 4.38. The van der Waals surface area contributed by atoms with Crippen LogP contribution < -0.4 is 5.32 Å². The van der Waals surface area contributed by atoms with E-state index in [1.807, 2.05) is 24.3 Å². The first-order valence-electron chi connectivity index (χ1n) is 10.1. The van der Waals surface area contributed by atoms with Crippen molar-refractivity contribution in [1.29, 1.82) is 0 Å². The van der Waals surface area contributed by atoms with Gasteiger partial charge in [0.25, 0.3) is 5.91 Å². The molecule has 2 aromatic carbocycles. The molecule has 0 radical (unpaired) electrons. The molecule has 2 saturated heterocycles. The van der Waals surface area contributed by atoms with Crippen molar-refractivity contribution in [3.63, 3.8) is 0 Å². The minimum atomic E-state index is -0.215. The number of carbonyl (C=O) groups is 1. The Hall–Kier alpha value is -1.92. The molecule has 0 aromatic heterocycles. The summed E-state index contributed by atoms with van der Waals surface area (Å²) in [5.74, 6) is -0.205. The lowest BCUT2D eigenvalue weighted by Gasteiger charge is -2.45. The first-order valence-corrected chi connectivity index (χ1v) is 10.5. The van der Waals surface area contributed by atoms with Gasteiger partial charge in [0.2, 0.25) is 0 Å². The van der Waals surface area contributed by atoms with Crippen LogP contribution in [-0.4, -0.2) is 48.3 Å². The van der Waals surface area contributed by atoms with Crippen LogP contribution in [0.2, 0.25) is 5.02 Å². The lowest BCUT2D eigenvalue weighted by atomic mass is 9.93. The second-order valence-electron chi connectivity index (χ2n) is 8.06. The molecule has 2 fully saturated rings. The summed E-state index contributed by atoms with van der Waals surface area (Å²) in [5, 5.41) is 3.40. The maximum absolute atomic E-state index is 12.5. The quantitative estimate of drug-likeness (QED) is 0.807. The summed E-state index contributed by atoms with van der Waals surface area (Å²) in [5.41, 5.74) is 2.17. The molecule has 0 aliphatic carbocycles. The van der Waals surface area contributed by atoms with Gasteiger partial charge < -0.3 is 14.8 Å². The van der Waals surface area contributed by atoms with Gasteiger partial charge in [-0.15, -0.1) is 0 Å². The molecule has 1 N–H and O–H groups in total. The number of carbonyl (C=O) groups excluding carboxylic acids is 1. The van der Waals surface area contributed by atoms with Crippen molar-refractivity contribution in [3.8, 4) is 0 Å². The van der Waals surface area contributed by atoms with Gasteiger partial charge in [0.15, 0.2) is 0 Å². The summed E-state index contributed by atoms with van der Waals surface area (Å²) in [6.45, 7) is 7.52. The molecule has 0 bridgehead atoms. The average molecular weight is 415 g/mol. The Bertz CT molecular complexity index is 890. The van der Waals surface area contributed by atoms with Crippen molar-refractivity contribution in [1.82, 2.24) is 4.90 Å².